The number of nitro benzene ring substituents is 1. The van der Waals surface area contributed by atoms with Gasteiger partial charge in [-0.3, -0.25) is 10.1 Å². The van der Waals surface area contributed by atoms with E-state index in [9.17, 15) is 10.1 Å². The minimum Gasteiger partial charge on any atom is -0.378 e. The zero-order valence-electron chi connectivity index (χ0n) is 13.5. The third-order valence-electron chi connectivity index (χ3n) is 4.09. The average molecular weight is 328 g/mol. The molecule has 2 aromatic rings. The van der Waals surface area contributed by atoms with Gasteiger partial charge in [0.25, 0.3) is 5.69 Å². The summed E-state index contributed by atoms with van der Waals surface area (Å²) in [4.78, 5) is 17.0. The maximum Gasteiger partial charge on any atom is 0.269 e. The van der Waals surface area contributed by atoms with E-state index in [-0.39, 0.29) is 11.7 Å². The molecule has 1 aliphatic heterocycles. The number of anilines is 2. The average Bonchev–Trinajstić information content (AvgIpc) is 2.63. The summed E-state index contributed by atoms with van der Waals surface area (Å²) in [5.41, 5.74) is 2.16. The van der Waals surface area contributed by atoms with Crippen molar-refractivity contribution in [2.75, 3.05) is 36.5 Å². The molecule has 1 aromatic carbocycles. The third-order valence-corrected chi connectivity index (χ3v) is 4.09. The Balaban J connectivity index is 1.63. The molecule has 1 atom stereocenters. The molecular formula is C17H20N4O3. The molecule has 24 heavy (non-hydrogen) atoms. The molecule has 1 saturated heterocycles. The topological polar surface area (TPSA) is 80.5 Å². The monoisotopic (exact) mass is 328 g/mol. The number of ether oxygens (including phenoxy) is 1. The van der Waals surface area contributed by atoms with Crippen LogP contribution in [0.4, 0.5) is 17.2 Å². The number of benzene rings is 1. The van der Waals surface area contributed by atoms with E-state index in [0.717, 1.165) is 43.4 Å². The van der Waals surface area contributed by atoms with Crippen LogP contribution in [-0.2, 0) is 4.74 Å². The van der Waals surface area contributed by atoms with Crippen molar-refractivity contribution in [3.05, 3.63) is 58.3 Å². The van der Waals surface area contributed by atoms with Crippen molar-refractivity contribution in [1.29, 1.82) is 0 Å². The highest BCUT2D eigenvalue weighted by molar-refractivity contribution is 5.50. The van der Waals surface area contributed by atoms with Gasteiger partial charge in [0.15, 0.2) is 0 Å². The van der Waals surface area contributed by atoms with Gasteiger partial charge in [0.1, 0.15) is 5.82 Å². The number of hydrogen-bond acceptors (Lipinski definition) is 6. The normalized spacial score (nSPS) is 15.8. The fourth-order valence-electron chi connectivity index (χ4n) is 2.67. The third kappa shape index (κ3) is 3.80. The summed E-state index contributed by atoms with van der Waals surface area (Å²) in [7, 11) is 0. The molecule has 0 spiro atoms. The van der Waals surface area contributed by atoms with E-state index in [1.165, 1.54) is 12.1 Å². The molecule has 3 rings (SSSR count). The van der Waals surface area contributed by atoms with Crippen LogP contribution >= 0.6 is 0 Å². The first-order valence-electron chi connectivity index (χ1n) is 7.93. The number of non-ortho nitro benzene ring substituents is 1. The second kappa shape index (κ2) is 7.27. The molecule has 2 heterocycles. The molecule has 1 aromatic heterocycles. The van der Waals surface area contributed by atoms with Gasteiger partial charge in [-0.05, 0) is 24.6 Å². The van der Waals surface area contributed by atoms with Crippen LogP contribution in [-0.4, -0.2) is 36.2 Å². The predicted molar refractivity (Wildman–Crippen MR) is 92.4 cm³/mol. The van der Waals surface area contributed by atoms with Crippen LogP contribution in [0.15, 0.2) is 42.6 Å². The maximum absolute atomic E-state index is 10.7. The first kappa shape index (κ1) is 16.2. The van der Waals surface area contributed by atoms with E-state index in [1.54, 1.807) is 12.1 Å². The molecule has 0 bridgehead atoms. The molecular weight excluding hydrogens is 308 g/mol. The summed E-state index contributed by atoms with van der Waals surface area (Å²) in [5, 5.41) is 14.0. The SMILES string of the molecule is C[C@H](Nc1ccc(N2CCOCC2)cn1)c1ccc([N+](=O)[O-])cc1. The highest BCUT2D eigenvalue weighted by atomic mass is 16.6. The van der Waals surface area contributed by atoms with Crippen molar-refractivity contribution < 1.29 is 9.66 Å². The van der Waals surface area contributed by atoms with Crippen molar-refractivity contribution in [3.8, 4) is 0 Å². The number of rotatable bonds is 5. The Morgan fingerprint density at radius 2 is 1.92 bits per heavy atom. The van der Waals surface area contributed by atoms with E-state index in [4.69, 9.17) is 4.74 Å². The summed E-state index contributed by atoms with van der Waals surface area (Å²) in [6, 6.07) is 10.6. The molecule has 7 heteroatoms. The van der Waals surface area contributed by atoms with E-state index in [2.05, 4.69) is 15.2 Å². The van der Waals surface area contributed by atoms with Gasteiger partial charge >= 0.3 is 0 Å². The molecule has 1 aliphatic rings. The Morgan fingerprint density at radius 1 is 1.21 bits per heavy atom. The number of nitrogens with one attached hydrogen (secondary N) is 1. The summed E-state index contributed by atoms with van der Waals surface area (Å²) < 4.78 is 5.35. The highest BCUT2D eigenvalue weighted by Crippen LogP contribution is 2.22. The van der Waals surface area contributed by atoms with Crippen LogP contribution < -0.4 is 10.2 Å². The van der Waals surface area contributed by atoms with E-state index >= 15 is 0 Å². The Bertz CT molecular complexity index is 682. The lowest BCUT2D eigenvalue weighted by Crippen LogP contribution is -2.36. The van der Waals surface area contributed by atoms with E-state index in [0.29, 0.717) is 0 Å². The minimum absolute atomic E-state index is 0.00698. The smallest absolute Gasteiger partial charge is 0.269 e. The number of aromatic nitrogens is 1. The molecule has 0 saturated carbocycles. The van der Waals surface area contributed by atoms with Gasteiger partial charge in [-0.2, -0.15) is 0 Å². The molecule has 126 valence electrons. The molecule has 0 amide bonds. The van der Waals surface area contributed by atoms with Crippen LogP contribution in [0.1, 0.15) is 18.5 Å². The van der Waals surface area contributed by atoms with Crippen LogP contribution in [0, 0.1) is 10.1 Å². The van der Waals surface area contributed by atoms with Gasteiger partial charge in [0, 0.05) is 31.3 Å². The Labute approximate surface area is 140 Å². The summed E-state index contributed by atoms with van der Waals surface area (Å²) in [6.07, 6.45) is 1.86. The van der Waals surface area contributed by atoms with Crippen LogP contribution in [0.5, 0.6) is 0 Å². The molecule has 7 nitrogen and oxygen atoms in total. The number of nitrogens with zero attached hydrogens (tertiary/aromatic N) is 3. The van der Waals surface area contributed by atoms with Gasteiger partial charge in [0.2, 0.25) is 0 Å². The van der Waals surface area contributed by atoms with Crippen molar-refractivity contribution >= 4 is 17.2 Å². The van der Waals surface area contributed by atoms with Gasteiger partial charge in [0.05, 0.1) is 30.0 Å². The lowest BCUT2D eigenvalue weighted by atomic mass is 10.1. The first-order chi connectivity index (χ1) is 11.6. The van der Waals surface area contributed by atoms with Gasteiger partial charge in [-0.15, -0.1) is 0 Å². The van der Waals surface area contributed by atoms with Crippen molar-refractivity contribution in [1.82, 2.24) is 4.98 Å². The number of morpholine rings is 1. The summed E-state index contributed by atoms with van der Waals surface area (Å²) in [6.45, 7) is 5.26. The summed E-state index contributed by atoms with van der Waals surface area (Å²) in [5.74, 6) is 0.776. The number of pyridine rings is 1. The van der Waals surface area contributed by atoms with Crippen molar-refractivity contribution in [3.63, 3.8) is 0 Å². The molecule has 1 N–H and O–H groups in total. The lowest BCUT2D eigenvalue weighted by Gasteiger charge is -2.28. The number of nitro groups is 1. The highest BCUT2D eigenvalue weighted by Gasteiger charge is 2.12. The standard InChI is InChI=1S/C17H20N4O3/c1-13(14-2-4-15(5-3-14)21(22)23)19-17-7-6-16(12-18-17)20-8-10-24-11-9-20/h2-7,12-13H,8-11H2,1H3,(H,18,19)/t13-/m0/s1. The molecule has 0 radical (unpaired) electrons. The van der Waals surface area contributed by atoms with E-state index in [1.807, 2.05) is 25.3 Å². The van der Waals surface area contributed by atoms with Crippen LogP contribution in [0.3, 0.4) is 0 Å². The Hall–Kier alpha value is -2.67. The zero-order valence-corrected chi connectivity index (χ0v) is 13.5. The minimum atomic E-state index is -0.395. The second-order valence-corrected chi connectivity index (χ2v) is 5.72. The maximum atomic E-state index is 10.7. The molecule has 1 fully saturated rings. The van der Waals surface area contributed by atoms with Crippen molar-refractivity contribution in [2.24, 2.45) is 0 Å². The van der Waals surface area contributed by atoms with Crippen molar-refractivity contribution in [2.45, 2.75) is 13.0 Å². The zero-order chi connectivity index (χ0) is 16.9. The Kier molecular flexibility index (Phi) is 4.90. The molecule has 0 aliphatic carbocycles. The van der Waals surface area contributed by atoms with Crippen LogP contribution in [0.2, 0.25) is 0 Å². The predicted octanol–water partition coefficient (Wildman–Crippen LogP) is 3.00. The largest absolute Gasteiger partial charge is 0.378 e. The Morgan fingerprint density at radius 3 is 2.50 bits per heavy atom. The van der Waals surface area contributed by atoms with E-state index < -0.39 is 4.92 Å². The second-order valence-electron chi connectivity index (χ2n) is 5.72. The van der Waals surface area contributed by atoms with Gasteiger partial charge in [-0.1, -0.05) is 12.1 Å². The fraction of sp³-hybridized carbons (Fsp3) is 0.353. The first-order valence-corrected chi connectivity index (χ1v) is 7.93. The quantitative estimate of drug-likeness (QED) is 0.671. The molecule has 0 unspecified atom stereocenters. The summed E-state index contributed by atoms with van der Waals surface area (Å²) >= 11 is 0. The lowest BCUT2D eigenvalue weighted by molar-refractivity contribution is -0.384. The number of hydrogen-bond donors (Lipinski definition) is 1. The van der Waals surface area contributed by atoms with Gasteiger partial charge in [-0.25, -0.2) is 4.98 Å². The van der Waals surface area contributed by atoms with Gasteiger partial charge < -0.3 is 15.0 Å². The fourth-order valence-corrected chi connectivity index (χ4v) is 2.67. The van der Waals surface area contributed by atoms with Crippen LogP contribution in [0.25, 0.3) is 0 Å².